The highest BCUT2D eigenvalue weighted by Gasteiger charge is 2.48. The average Bonchev–Trinajstić information content (AvgIpc) is 2.36. The molecule has 1 amide bonds. The molecule has 6 heteroatoms. The molecule has 1 saturated carbocycles. The molecule has 0 saturated heterocycles. The zero-order valence-electron chi connectivity index (χ0n) is 12.0. The van der Waals surface area contributed by atoms with Gasteiger partial charge in [0, 0.05) is 5.92 Å². The summed E-state index contributed by atoms with van der Waals surface area (Å²) in [5, 5.41) is 11.8. The number of alkyl halides is 3. The summed E-state index contributed by atoms with van der Waals surface area (Å²) < 4.78 is 38.9. The van der Waals surface area contributed by atoms with Crippen molar-refractivity contribution >= 4 is 5.91 Å². The number of hydrogen-bond acceptors (Lipinski definition) is 2. The maximum Gasteiger partial charge on any atom is 0.392 e. The predicted molar refractivity (Wildman–Crippen MR) is 70.0 cm³/mol. The van der Waals surface area contributed by atoms with E-state index in [4.69, 9.17) is 0 Å². The molecule has 3 unspecified atom stereocenters. The van der Waals surface area contributed by atoms with E-state index in [0.717, 1.165) is 0 Å². The number of carbonyl (C=O) groups excluding carboxylic acids is 1. The summed E-state index contributed by atoms with van der Waals surface area (Å²) in [5.41, 5.74) is 0. The van der Waals surface area contributed by atoms with Gasteiger partial charge < -0.3 is 10.4 Å². The van der Waals surface area contributed by atoms with Gasteiger partial charge in [-0.2, -0.15) is 13.2 Å². The lowest BCUT2D eigenvalue weighted by Crippen LogP contribution is -2.47. The van der Waals surface area contributed by atoms with Crippen molar-refractivity contribution in [2.75, 3.05) is 6.61 Å². The Morgan fingerprint density at radius 2 is 1.90 bits per heavy atom. The Hall–Kier alpha value is -0.780. The molecule has 0 spiro atoms. The van der Waals surface area contributed by atoms with Gasteiger partial charge in [-0.1, -0.05) is 26.7 Å². The van der Waals surface area contributed by atoms with Gasteiger partial charge in [0.25, 0.3) is 0 Å². The van der Waals surface area contributed by atoms with Crippen molar-refractivity contribution in [3.8, 4) is 0 Å². The molecule has 1 aliphatic rings. The third kappa shape index (κ3) is 4.96. The third-order valence-electron chi connectivity index (χ3n) is 3.85. The maximum atomic E-state index is 13.0. The van der Waals surface area contributed by atoms with E-state index in [1.165, 1.54) is 0 Å². The van der Waals surface area contributed by atoms with Crippen molar-refractivity contribution in [2.24, 2.45) is 17.8 Å². The molecule has 1 fully saturated rings. The first-order valence-corrected chi connectivity index (χ1v) is 7.23. The fourth-order valence-electron chi connectivity index (χ4n) is 2.89. The Bertz CT molecular complexity index is 318. The second-order valence-electron chi connectivity index (χ2n) is 6.06. The minimum atomic E-state index is -4.32. The van der Waals surface area contributed by atoms with Crippen LogP contribution >= 0.6 is 0 Å². The van der Waals surface area contributed by atoms with Gasteiger partial charge in [0.15, 0.2) is 0 Å². The van der Waals surface area contributed by atoms with Gasteiger partial charge >= 0.3 is 6.18 Å². The summed E-state index contributed by atoms with van der Waals surface area (Å²) >= 11 is 0. The summed E-state index contributed by atoms with van der Waals surface area (Å²) in [6.45, 7) is 3.63. The van der Waals surface area contributed by atoms with Gasteiger partial charge in [0.05, 0.1) is 18.6 Å². The lowest BCUT2D eigenvalue weighted by Gasteiger charge is -2.33. The van der Waals surface area contributed by atoms with Crippen LogP contribution in [0.5, 0.6) is 0 Å². The average molecular weight is 295 g/mol. The summed E-state index contributed by atoms with van der Waals surface area (Å²) in [6, 6.07) is -0.460. The van der Waals surface area contributed by atoms with Gasteiger partial charge in [0.1, 0.15) is 0 Å². The number of aliphatic hydroxyl groups is 1. The topological polar surface area (TPSA) is 49.3 Å². The van der Waals surface area contributed by atoms with Crippen molar-refractivity contribution < 1.29 is 23.1 Å². The van der Waals surface area contributed by atoms with Crippen LogP contribution in [0.1, 0.15) is 46.0 Å². The first-order valence-electron chi connectivity index (χ1n) is 7.23. The van der Waals surface area contributed by atoms with Crippen LogP contribution in [0.25, 0.3) is 0 Å². The summed E-state index contributed by atoms with van der Waals surface area (Å²) in [7, 11) is 0. The third-order valence-corrected chi connectivity index (χ3v) is 3.85. The molecule has 0 bridgehead atoms. The summed E-state index contributed by atoms with van der Waals surface area (Å²) in [4.78, 5) is 12.1. The molecule has 0 heterocycles. The molecule has 0 aromatic heterocycles. The highest BCUT2D eigenvalue weighted by atomic mass is 19.4. The van der Waals surface area contributed by atoms with E-state index in [1.807, 2.05) is 13.8 Å². The van der Waals surface area contributed by atoms with Crippen LogP contribution in [0, 0.1) is 17.8 Å². The van der Waals surface area contributed by atoms with Crippen LogP contribution in [-0.4, -0.2) is 29.8 Å². The monoisotopic (exact) mass is 295 g/mol. The molecule has 1 aliphatic carbocycles. The van der Waals surface area contributed by atoms with Gasteiger partial charge in [-0.05, 0) is 25.2 Å². The number of amides is 1. The van der Waals surface area contributed by atoms with Crippen LogP contribution in [0.3, 0.4) is 0 Å². The molecule has 2 N–H and O–H groups in total. The maximum absolute atomic E-state index is 13.0. The number of nitrogens with one attached hydrogen (secondary N) is 1. The first kappa shape index (κ1) is 17.3. The minimum Gasteiger partial charge on any atom is -0.394 e. The van der Waals surface area contributed by atoms with E-state index in [1.54, 1.807) is 0 Å². The quantitative estimate of drug-likeness (QED) is 0.819. The van der Waals surface area contributed by atoms with Gasteiger partial charge in [-0.15, -0.1) is 0 Å². The Morgan fingerprint density at radius 1 is 1.30 bits per heavy atom. The number of hydrogen-bond donors (Lipinski definition) is 2. The number of carbonyl (C=O) groups is 1. The molecule has 3 nitrogen and oxygen atoms in total. The predicted octanol–water partition coefficient (Wildman–Crippen LogP) is 2.88. The van der Waals surface area contributed by atoms with E-state index in [0.29, 0.717) is 19.3 Å². The number of aliphatic hydroxyl groups excluding tert-OH is 1. The van der Waals surface area contributed by atoms with Crippen molar-refractivity contribution in [1.82, 2.24) is 5.32 Å². The zero-order chi connectivity index (χ0) is 15.3. The summed E-state index contributed by atoms with van der Waals surface area (Å²) in [5.74, 6) is -2.86. The van der Waals surface area contributed by atoms with E-state index < -0.39 is 30.0 Å². The Kier molecular flexibility index (Phi) is 6.30. The smallest absolute Gasteiger partial charge is 0.392 e. The summed E-state index contributed by atoms with van der Waals surface area (Å²) in [6.07, 6.45) is -2.30. The number of rotatable bonds is 5. The van der Waals surface area contributed by atoms with Gasteiger partial charge in [-0.3, -0.25) is 4.79 Å². The lowest BCUT2D eigenvalue weighted by atomic mass is 9.78. The SMILES string of the molecule is CC(C)CC(CO)NC(=O)C1CCCCC1C(F)(F)F. The molecule has 20 heavy (non-hydrogen) atoms. The fourth-order valence-corrected chi connectivity index (χ4v) is 2.89. The standard InChI is InChI=1S/C14H24F3NO2/c1-9(2)7-10(8-19)18-13(20)11-5-3-4-6-12(11)14(15,16)17/h9-12,19H,3-8H2,1-2H3,(H,18,20). The van der Waals surface area contributed by atoms with Crippen LogP contribution in [0.4, 0.5) is 13.2 Å². The first-order chi connectivity index (χ1) is 9.25. The van der Waals surface area contributed by atoms with Crippen LogP contribution < -0.4 is 5.32 Å². The fraction of sp³-hybridized carbons (Fsp3) is 0.929. The van der Waals surface area contributed by atoms with Crippen LogP contribution in [-0.2, 0) is 4.79 Å². The van der Waals surface area contributed by atoms with E-state index in [2.05, 4.69) is 5.32 Å². The molecule has 3 atom stereocenters. The number of halogens is 3. The largest absolute Gasteiger partial charge is 0.394 e. The normalized spacial score (nSPS) is 25.6. The second-order valence-corrected chi connectivity index (χ2v) is 6.06. The van der Waals surface area contributed by atoms with Crippen molar-refractivity contribution in [3.05, 3.63) is 0 Å². The van der Waals surface area contributed by atoms with E-state index in [9.17, 15) is 23.1 Å². The molecule has 0 aromatic rings. The molecule has 0 aromatic carbocycles. The Morgan fingerprint density at radius 3 is 2.40 bits per heavy atom. The van der Waals surface area contributed by atoms with E-state index >= 15 is 0 Å². The van der Waals surface area contributed by atoms with Gasteiger partial charge in [-0.25, -0.2) is 0 Å². The van der Waals surface area contributed by atoms with Crippen molar-refractivity contribution in [3.63, 3.8) is 0 Å². The molecule has 0 radical (unpaired) electrons. The molecular formula is C14H24F3NO2. The van der Waals surface area contributed by atoms with Crippen LogP contribution in [0.2, 0.25) is 0 Å². The minimum absolute atomic E-state index is 0.0234. The highest BCUT2D eigenvalue weighted by Crippen LogP contribution is 2.41. The molecule has 1 rings (SSSR count). The second kappa shape index (κ2) is 7.29. The Labute approximate surface area is 117 Å². The zero-order valence-corrected chi connectivity index (χ0v) is 12.0. The van der Waals surface area contributed by atoms with Crippen LogP contribution in [0.15, 0.2) is 0 Å². The van der Waals surface area contributed by atoms with E-state index in [-0.39, 0.29) is 25.4 Å². The van der Waals surface area contributed by atoms with Gasteiger partial charge in [0.2, 0.25) is 5.91 Å². The molecular weight excluding hydrogens is 271 g/mol. The molecule has 0 aliphatic heterocycles. The molecule has 118 valence electrons. The Balaban J connectivity index is 2.67. The highest BCUT2D eigenvalue weighted by molar-refractivity contribution is 5.79. The van der Waals surface area contributed by atoms with Crippen molar-refractivity contribution in [2.45, 2.75) is 58.2 Å². The van der Waals surface area contributed by atoms with Crippen molar-refractivity contribution in [1.29, 1.82) is 0 Å². The lowest BCUT2D eigenvalue weighted by molar-refractivity contribution is -0.198.